The molecular weight excluding hydrogens is 350 g/mol. The molecule has 1 aliphatic carbocycles. The van der Waals surface area contributed by atoms with Crippen molar-refractivity contribution in [1.29, 1.82) is 0 Å². The van der Waals surface area contributed by atoms with Crippen LogP contribution in [0.5, 0.6) is 0 Å². The zero-order valence-corrected chi connectivity index (χ0v) is 14.5. The number of methoxy groups -OCH3 is 1. The Balaban J connectivity index is 1.94. The van der Waals surface area contributed by atoms with Crippen LogP contribution in [0, 0.1) is 0 Å². The van der Waals surface area contributed by atoms with Crippen molar-refractivity contribution >= 4 is 17.6 Å². The fourth-order valence-corrected chi connectivity index (χ4v) is 4.10. The summed E-state index contributed by atoms with van der Waals surface area (Å²) in [7, 11) is 1.26. The Bertz CT molecular complexity index is 641. The number of nitrogens with zero attached hydrogens (tertiary/aromatic N) is 1. The van der Waals surface area contributed by atoms with E-state index in [2.05, 4.69) is 0 Å². The fourth-order valence-electron chi connectivity index (χ4n) is 3.97. The molecule has 1 aromatic carbocycles. The van der Waals surface area contributed by atoms with E-state index in [-0.39, 0.29) is 12.8 Å². The maximum absolute atomic E-state index is 12.2. The van der Waals surface area contributed by atoms with Crippen LogP contribution < -0.4 is 0 Å². The molecule has 0 unspecified atom stereocenters. The van der Waals surface area contributed by atoms with E-state index >= 15 is 0 Å². The molecule has 6 atom stereocenters. The maximum Gasteiger partial charge on any atom is 0.323 e. The van der Waals surface area contributed by atoms with Gasteiger partial charge in [0.2, 0.25) is 0 Å². The highest BCUT2D eigenvalue weighted by molar-refractivity contribution is 6.30. The molecule has 1 saturated heterocycles. The standard InChI is InChI=1S/C17H22ClNO6/c1-25-16(23)11-7-17(24)13(6-12(20)14(21)15(17)22)19(11)8-9-2-4-10(18)5-3-9/h2-5,11-15,20-22,24H,6-8H2,1H3/t11-,12-,13+,14-,15-,17-/m0/s1. The lowest BCUT2D eigenvalue weighted by molar-refractivity contribution is -0.197. The SMILES string of the molecule is COC(=O)[C@@H]1C[C@@]2(O)[C@@H](O)[C@@H](O)[C@@H](O)C[C@H]2N1Cc1ccc(Cl)cc1. The van der Waals surface area contributed by atoms with Crippen molar-refractivity contribution in [2.75, 3.05) is 7.11 Å². The summed E-state index contributed by atoms with van der Waals surface area (Å²) in [6.45, 7) is 0.305. The first-order valence-electron chi connectivity index (χ1n) is 8.12. The number of fused-ring (bicyclic) bond motifs is 1. The number of ether oxygens (including phenoxy) is 1. The third kappa shape index (κ3) is 3.16. The van der Waals surface area contributed by atoms with Crippen molar-refractivity contribution in [2.45, 2.75) is 55.4 Å². The van der Waals surface area contributed by atoms with Crippen molar-refractivity contribution in [2.24, 2.45) is 0 Å². The Hall–Kier alpha value is -1.22. The lowest BCUT2D eigenvalue weighted by Crippen LogP contribution is -2.64. The van der Waals surface area contributed by atoms with Crippen LogP contribution in [0.3, 0.4) is 0 Å². The summed E-state index contributed by atoms with van der Waals surface area (Å²) in [5, 5.41) is 41.8. The monoisotopic (exact) mass is 371 g/mol. The summed E-state index contributed by atoms with van der Waals surface area (Å²) in [5.41, 5.74) is -0.845. The number of halogens is 1. The van der Waals surface area contributed by atoms with Crippen LogP contribution >= 0.6 is 11.6 Å². The summed E-state index contributed by atoms with van der Waals surface area (Å²) >= 11 is 5.90. The van der Waals surface area contributed by atoms with Crippen molar-refractivity contribution in [1.82, 2.24) is 4.90 Å². The van der Waals surface area contributed by atoms with Crippen LogP contribution in [0.1, 0.15) is 18.4 Å². The average Bonchev–Trinajstić information content (AvgIpc) is 2.88. The van der Waals surface area contributed by atoms with Gasteiger partial charge >= 0.3 is 5.97 Å². The molecule has 25 heavy (non-hydrogen) atoms. The zero-order chi connectivity index (χ0) is 18.4. The number of hydrogen-bond acceptors (Lipinski definition) is 7. The summed E-state index contributed by atoms with van der Waals surface area (Å²) < 4.78 is 4.84. The molecule has 4 N–H and O–H groups in total. The van der Waals surface area contributed by atoms with Crippen LogP contribution in [0.4, 0.5) is 0 Å². The second-order valence-electron chi connectivity index (χ2n) is 6.79. The van der Waals surface area contributed by atoms with Crippen molar-refractivity contribution in [3.63, 3.8) is 0 Å². The molecular formula is C17H22ClNO6. The summed E-state index contributed by atoms with van der Waals surface area (Å²) in [4.78, 5) is 13.9. The second-order valence-corrected chi connectivity index (χ2v) is 7.22. The van der Waals surface area contributed by atoms with Gasteiger partial charge in [0.15, 0.2) is 0 Å². The molecule has 0 amide bonds. The Kier molecular flexibility index (Phi) is 5.07. The number of aliphatic hydroxyl groups excluding tert-OH is 3. The maximum atomic E-state index is 12.2. The van der Waals surface area contributed by atoms with Gasteiger partial charge in [0, 0.05) is 24.0 Å². The van der Waals surface area contributed by atoms with Crippen LogP contribution in [0.25, 0.3) is 0 Å². The quantitative estimate of drug-likeness (QED) is 0.539. The number of carbonyl (C=O) groups excluding carboxylic acids is 1. The second kappa shape index (κ2) is 6.83. The predicted molar refractivity (Wildman–Crippen MR) is 88.8 cm³/mol. The number of benzene rings is 1. The van der Waals surface area contributed by atoms with Gasteiger partial charge in [-0.05, 0) is 24.1 Å². The van der Waals surface area contributed by atoms with Gasteiger partial charge < -0.3 is 25.2 Å². The molecule has 1 heterocycles. The molecule has 138 valence electrons. The van der Waals surface area contributed by atoms with Gasteiger partial charge in [-0.25, -0.2) is 0 Å². The molecule has 1 aliphatic heterocycles. The van der Waals surface area contributed by atoms with E-state index in [0.717, 1.165) is 5.56 Å². The summed E-state index contributed by atoms with van der Waals surface area (Å²) in [6, 6.07) is 5.57. The highest BCUT2D eigenvalue weighted by Gasteiger charge is 2.62. The Morgan fingerprint density at radius 3 is 2.56 bits per heavy atom. The number of aliphatic hydroxyl groups is 4. The predicted octanol–water partition coefficient (Wildman–Crippen LogP) is -0.327. The molecule has 0 aromatic heterocycles. The summed E-state index contributed by atoms with van der Waals surface area (Å²) in [5.74, 6) is -0.534. The fraction of sp³-hybridized carbons (Fsp3) is 0.588. The average molecular weight is 372 g/mol. The van der Waals surface area contributed by atoms with E-state index in [9.17, 15) is 25.2 Å². The van der Waals surface area contributed by atoms with Gasteiger partial charge in [-0.2, -0.15) is 0 Å². The van der Waals surface area contributed by atoms with Gasteiger partial charge in [0.25, 0.3) is 0 Å². The number of rotatable bonds is 3. The van der Waals surface area contributed by atoms with E-state index in [0.29, 0.717) is 11.6 Å². The smallest absolute Gasteiger partial charge is 0.323 e. The van der Waals surface area contributed by atoms with Gasteiger partial charge in [0.1, 0.15) is 23.9 Å². The lowest BCUT2D eigenvalue weighted by atomic mass is 9.75. The number of esters is 1. The van der Waals surface area contributed by atoms with Crippen LogP contribution in [-0.2, 0) is 16.1 Å². The first-order chi connectivity index (χ1) is 11.8. The van der Waals surface area contributed by atoms with Crippen LogP contribution in [-0.4, -0.2) is 74.4 Å². The molecule has 0 spiro atoms. The van der Waals surface area contributed by atoms with Gasteiger partial charge in [-0.15, -0.1) is 0 Å². The van der Waals surface area contributed by atoms with Crippen molar-refractivity contribution in [3.8, 4) is 0 Å². The van der Waals surface area contributed by atoms with Crippen LogP contribution in [0.15, 0.2) is 24.3 Å². The Morgan fingerprint density at radius 1 is 1.32 bits per heavy atom. The molecule has 0 bridgehead atoms. The number of carbonyl (C=O) groups is 1. The minimum atomic E-state index is -1.70. The largest absolute Gasteiger partial charge is 0.468 e. The molecule has 7 nitrogen and oxygen atoms in total. The highest BCUT2D eigenvalue weighted by atomic mass is 35.5. The first kappa shape index (κ1) is 18.6. The molecule has 1 aromatic rings. The molecule has 0 radical (unpaired) electrons. The van der Waals surface area contributed by atoms with Crippen molar-refractivity contribution < 1.29 is 30.0 Å². The number of likely N-dealkylation sites (tertiary alicyclic amines) is 1. The van der Waals surface area contributed by atoms with Gasteiger partial charge in [0.05, 0.1) is 13.2 Å². The molecule has 2 fully saturated rings. The summed E-state index contributed by atoms with van der Waals surface area (Å²) in [6.07, 6.45) is -4.25. The topological polar surface area (TPSA) is 110 Å². The first-order valence-corrected chi connectivity index (χ1v) is 8.50. The lowest BCUT2D eigenvalue weighted by Gasteiger charge is -2.45. The Morgan fingerprint density at radius 2 is 1.96 bits per heavy atom. The van der Waals surface area contributed by atoms with E-state index < -0.39 is 42.0 Å². The third-order valence-corrected chi connectivity index (χ3v) is 5.60. The van der Waals surface area contributed by atoms with E-state index in [4.69, 9.17) is 16.3 Å². The zero-order valence-electron chi connectivity index (χ0n) is 13.7. The normalized spacial score (nSPS) is 38.4. The molecule has 3 rings (SSSR count). The third-order valence-electron chi connectivity index (χ3n) is 5.34. The highest BCUT2D eigenvalue weighted by Crippen LogP contribution is 2.44. The van der Waals surface area contributed by atoms with E-state index in [1.54, 1.807) is 29.2 Å². The molecule has 1 saturated carbocycles. The molecule has 8 heteroatoms. The Labute approximate surface area is 150 Å². The minimum absolute atomic E-state index is 0.0375. The van der Waals surface area contributed by atoms with E-state index in [1.165, 1.54) is 7.11 Å². The van der Waals surface area contributed by atoms with Gasteiger partial charge in [-0.1, -0.05) is 23.7 Å². The van der Waals surface area contributed by atoms with E-state index in [1.807, 2.05) is 0 Å². The minimum Gasteiger partial charge on any atom is -0.468 e. The molecule has 2 aliphatic rings. The van der Waals surface area contributed by atoms with Gasteiger partial charge in [-0.3, -0.25) is 9.69 Å². The number of hydrogen-bond donors (Lipinski definition) is 4. The van der Waals surface area contributed by atoms with Crippen LogP contribution in [0.2, 0.25) is 5.02 Å². The van der Waals surface area contributed by atoms with Crippen molar-refractivity contribution in [3.05, 3.63) is 34.9 Å².